The van der Waals surface area contributed by atoms with Crippen molar-refractivity contribution in [3.63, 3.8) is 0 Å². The molecule has 2 heterocycles. The molecule has 2 aromatic heterocycles. The van der Waals surface area contributed by atoms with Crippen LogP contribution in [0.3, 0.4) is 0 Å². The fraction of sp³-hybridized carbons (Fsp3) is 0.174. The molecule has 0 aliphatic rings. The lowest BCUT2D eigenvalue weighted by molar-refractivity contribution is 0.306. The Morgan fingerprint density at radius 2 is 1.86 bits per heavy atom. The van der Waals surface area contributed by atoms with Crippen molar-refractivity contribution in [3.8, 4) is 16.9 Å². The van der Waals surface area contributed by atoms with Crippen LogP contribution in [0, 0.1) is 0 Å². The average Bonchev–Trinajstić information content (AvgIpc) is 3.12. The molecule has 0 spiro atoms. The number of ether oxygens (including phenoxy) is 1. The van der Waals surface area contributed by atoms with E-state index in [4.69, 9.17) is 16.2 Å². The molecule has 2 aromatic carbocycles. The first-order valence-corrected chi connectivity index (χ1v) is 9.47. The Morgan fingerprint density at radius 1 is 1.00 bits per heavy atom. The summed E-state index contributed by atoms with van der Waals surface area (Å²) in [6, 6.07) is 20.3. The number of benzene rings is 2. The first kappa shape index (κ1) is 18.1. The summed E-state index contributed by atoms with van der Waals surface area (Å²) in [6.45, 7) is 2.03. The van der Waals surface area contributed by atoms with Crippen LogP contribution in [-0.2, 0) is 13.2 Å². The number of nitrogens with zero attached hydrogens (tertiary/aromatic N) is 2. The van der Waals surface area contributed by atoms with Crippen molar-refractivity contribution in [3.05, 3.63) is 78.6 Å². The maximum Gasteiger partial charge on any atom is 0.133 e. The lowest BCUT2D eigenvalue weighted by Gasteiger charge is -2.08. The van der Waals surface area contributed by atoms with Crippen LogP contribution in [0.5, 0.6) is 5.75 Å². The highest BCUT2D eigenvalue weighted by Gasteiger charge is 2.14. The van der Waals surface area contributed by atoms with Gasteiger partial charge >= 0.3 is 0 Å². The highest BCUT2D eigenvalue weighted by Crippen LogP contribution is 2.35. The molecule has 0 atom stereocenters. The summed E-state index contributed by atoms with van der Waals surface area (Å²) >= 11 is 0. The number of aromatic nitrogens is 2. The van der Waals surface area contributed by atoms with E-state index in [9.17, 15) is 0 Å². The largest absolute Gasteiger partial charge is 0.489 e. The van der Waals surface area contributed by atoms with Crippen molar-refractivity contribution >= 4 is 16.7 Å². The van der Waals surface area contributed by atoms with Crippen LogP contribution in [-0.4, -0.2) is 16.1 Å². The molecule has 0 radical (unpaired) electrons. The second-order valence-electron chi connectivity index (χ2n) is 6.77. The van der Waals surface area contributed by atoms with E-state index in [1.54, 1.807) is 6.20 Å². The first-order chi connectivity index (χ1) is 13.8. The van der Waals surface area contributed by atoms with Gasteiger partial charge in [-0.25, -0.2) is 4.98 Å². The van der Waals surface area contributed by atoms with Gasteiger partial charge in [0.1, 0.15) is 18.2 Å². The first-order valence-electron chi connectivity index (χ1n) is 9.47. The van der Waals surface area contributed by atoms with Crippen LogP contribution in [0.2, 0.25) is 0 Å². The Bertz CT molecular complexity index is 1070. The van der Waals surface area contributed by atoms with Crippen LogP contribution >= 0.6 is 0 Å². The van der Waals surface area contributed by atoms with Crippen LogP contribution in [0.25, 0.3) is 22.0 Å². The lowest BCUT2D eigenvalue weighted by atomic mass is 10.1. The third-order valence-electron chi connectivity index (χ3n) is 4.82. The zero-order chi connectivity index (χ0) is 19.3. The Morgan fingerprint density at radius 3 is 2.68 bits per heavy atom. The summed E-state index contributed by atoms with van der Waals surface area (Å²) < 4.78 is 8.20. The normalized spacial score (nSPS) is 11.0. The third kappa shape index (κ3) is 3.70. The molecule has 0 unspecified atom stereocenters. The highest BCUT2D eigenvalue weighted by molar-refractivity contribution is 6.02. The topological polar surface area (TPSA) is 79.1 Å². The summed E-state index contributed by atoms with van der Waals surface area (Å²) in [5.74, 6) is 1.36. The monoisotopic (exact) mass is 372 g/mol. The summed E-state index contributed by atoms with van der Waals surface area (Å²) in [7, 11) is 0. The van der Waals surface area contributed by atoms with E-state index in [1.165, 1.54) is 0 Å². The van der Waals surface area contributed by atoms with Gasteiger partial charge in [0.15, 0.2) is 0 Å². The molecule has 0 bridgehead atoms. The molecule has 28 heavy (non-hydrogen) atoms. The number of anilines is 1. The number of hydrogen-bond acceptors (Lipinski definition) is 4. The number of nitrogens with two attached hydrogens (primary N) is 2. The number of aryl methyl sites for hydroxylation is 1. The predicted octanol–water partition coefficient (Wildman–Crippen LogP) is 4.21. The smallest absolute Gasteiger partial charge is 0.133 e. The quantitative estimate of drug-likeness (QED) is 0.509. The Labute approximate surface area is 164 Å². The van der Waals surface area contributed by atoms with E-state index in [0.29, 0.717) is 19.0 Å². The summed E-state index contributed by atoms with van der Waals surface area (Å²) in [6.07, 6.45) is 4.79. The van der Waals surface area contributed by atoms with E-state index in [1.807, 2.05) is 36.4 Å². The van der Waals surface area contributed by atoms with Gasteiger partial charge in [0, 0.05) is 29.9 Å². The number of nitrogen functional groups attached to an aromatic ring is 1. The van der Waals surface area contributed by atoms with Crippen molar-refractivity contribution < 1.29 is 4.74 Å². The molecule has 0 saturated carbocycles. The fourth-order valence-corrected chi connectivity index (χ4v) is 3.43. The molecule has 0 aliphatic carbocycles. The molecule has 5 nitrogen and oxygen atoms in total. The van der Waals surface area contributed by atoms with Crippen LogP contribution in [0.15, 0.2) is 73.1 Å². The van der Waals surface area contributed by atoms with E-state index in [2.05, 4.69) is 40.0 Å². The highest BCUT2D eigenvalue weighted by atomic mass is 16.5. The number of pyridine rings is 1. The van der Waals surface area contributed by atoms with E-state index in [-0.39, 0.29) is 0 Å². The molecule has 0 fully saturated rings. The minimum Gasteiger partial charge on any atom is -0.489 e. The van der Waals surface area contributed by atoms with Gasteiger partial charge in [-0.15, -0.1) is 0 Å². The maximum atomic E-state index is 6.23. The van der Waals surface area contributed by atoms with Crippen molar-refractivity contribution in [1.82, 2.24) is 9.55 Å². The Hall–Kier alpha value is -3.31. The molecule has 4 rings (SSSR count). The SMILES string of the molecule is NCCCn1cc(-c2cccc(OCc3ccccc3)c2)c2c(N)nccc21. The Balaban J connectivity index is 1.68. The van der Waals surface area contributed by atoms with Crippen molar-refractivity contribution in [2.75, 3.05) is 12.3 Å². The van der Waals surface area contributed by atoms with E-state index in [0.717, 1.165) is 46.3 Å². The predicted molar refractivity (Wildman–Crippen MR) is 114 cm³/mol. The van der Waals surface area contributed by atoms with Gasteiger partial charge in [-0.1, -0.05) is 42.5 Å². The zero-order valence-electron chi connectivity index (χ0n) is 15.7. The third-order valence-corrected chi connectivity index (χ3v) is 4.82. The van der Waals surface area contributed by atoms with Crippen molar-refractivity contribution in [1.29, 1.82) is 0 Å². The molecule has 0 amide bonds. The molecule has 4 N–H and O–H groups in total. The van der Waals surface area contributed by atoms with Gasteiger partial charge in [-0.3, -0.25) is 0 Å². The van der Waals surface area contributed by atoms with Gasteiger partial charge in [-0.2, -0.15) is 0 Å². The standard InChI is InChI=1S/C23H24N4O/c24-11-5-13-27-15-20(22-21(27)10-12-26-23(22)25)18-8-4-9-19(14-18)28-16-17-6-2-1-3-7-17/h1-4,6-10,12,14-15H,5,11,13,16,24H2,(H2,25,26). The number of hydrogen-bond donors (Lipinski definition) is 2. The zero-order valence-corrected chi connectivity index (χ0v) is 15.7. The molecule has 4 aromatic rings. The lowest BCUT2D eigenvalue weighted by Crippen LogP contribution is -2.04. The van der Waals surface area contributed by atoms with Crippen LogP contribution in [0.1, 0.15) is 12.0 Å². The number of rotatable bonds is 7. The van der Waals surface area contributed by atoms with Crippen LogP contribution in [0.4, 0.5) is 5.82 Å². The summed E-state index contributed by atoms with van der Waals surface area (Å²) in [5.41, 5.74) is 16.3. The fourth-order valence-electron chi connectivity index (χ4n) is 3.43. The second-order valence-corrected chi connectivity index (χ2v) is 6.77. The molecular formula is C23H24N4O. The van der Waals surface area contributed by atoms with Gasteiger partial charge in [0.25, 0.3) is 0 Å². The van der Waals surface area contributed by atoms with Gasteiger partial charge in [-0.05, 0) is 42.3 Å². The molecule has 0 saturated heterocycles. The minimum absolute atomic E-state index is 0.534. The number of fused-ring (bicyclic) bond motifs is 1. The van der Waals surface area contributed by atoms with Crippen molar-refractivity contribution in [2.24, 2.45) is 5.73 Å². The maximum absolute atomic E-state index is 6.23. The van der Waals surface area contributed by atoms with Gasteiger partial charge in [0.05, 0.1) is 5.52 Å². The molecule has 0 aliphatic heterocycles. The molecule has 5 heteroatoms. The van der Waals surface area contributed by atoms with E-state index < -0.39 is 0 Å². The van der Waals surface area contributed by atoms with Crippen molar-refractivity contribution in [2.45, 2.75) is 19.6 Å². The minimum atomic E-state index is 0.534. The summed E-state index contributed by atoms with van der Waals surface area (Å²) in [5, 5.41) is 0.972. The molecule has 142 valence electrons. The average molecular weight is 372 g/mol. The van der Waals surface area contributed by atoms with E-state index >= 15 is 0 Å². The summed E-state index contributed by atoms with van der Waals surface area (Å²) in [4.78, 5) is 4.29. The van der Waals surface area contributed by atoms with Gasteiger partial charge < -0.3 is 20.8 Å². The Kier molecular flexibility index (Phi) is 5.26. The van der Waals surface area contributed by atoms with Crippen LogP contribution < -0.4 is 16.2 Å². The second kappa shape index (κ2) is 8.15. The van der Waals surface area contributed by atoms with Gasteiger partial charge in [0.2, 0.25) is 0 Å². The molecular weight excluding hydrogens is 348 g/mol.